The summed E-state index contributed by atoms with van der Waals surface area (Å²) in [6.45, 7) is 4.20. The molecule has 3 aromatic rings. The Morgan fingerprint density at radius 3 is 2.77 bits per heavy atom. The summed E-state index contributed by atoms with van der Waals surface area (Å²) in [7, 11) is 0. The van der Waals surface area contributed by atoms with Crippen LogP contribution in [0.25, 0.3) is 0 Å². The maximum Gasteiger partial charge on any atom is 0.199 e. The van der Waals surface area contributed by atoms with E-state index in [0.29, 0.717) is 22.9 Å². The number of carbonyl (C=O) groups excluding carboxylic acids is 1. The molecule has 0 amide bonds. The molecule has 2 heterocycles. The van der Waals surface area contributed by atoms with E-state index in [2.05, 4.69) is 27.2 Å². The van der Waals surface area contributed by atoms with E-state index < -0.39 is 0 Å². The summed E-state index contributed by atoms with van der Waals surface area (Å²) in [5.74, 6) is 3.77. The Hall–Kier alpha value is -3.43. The highest BCUT2D eigenvalue weighted by atomic mass is 16.3. The van der Waals surface area contributed by atoms with Gasteiger partial charge in [0.25, 0.3) is 0 Å². The lowest BCUT2D eigenvalue weighted by atomic mass is 10.1. The molecular weight excluding hydrogens is 388 g/mol. The van der Waals surface area contributed by atoms with Crippen molar-refractivity contribution in [2.45, 2.75) is 39.2 Å². The van der Waals surface area contributed by atoms with Crippen LogP contribution < -0.4 is 5.32 Å². The Balaban J connectivity index is 0.00000132. The molecule has 160 valence electrons. The summed E-state index contributed by atoms with van der Waals surface area (Å²) in [4.78, 5) is 21.3. The number of rotatable bonds is 5. The average Bonchev–Trinajstić information content (AvgIpc) is 3.49. The minimum atomic E-state index is -0.148. The summed E-state index contributed by atoms with van der Waals surface area (Å²) in [5, 5.41) is 12.7. The molecule has 4 rings (SSSR count). The molecule has 0 spiro atoms. The van der Waals surface area contributed by atoms with Crippen molar-refractivity contribution < 1.29 is 9.90 Å². The number of hydrogen-bond donors (Lipinski definition) is 2. The van der Waals surface area contributed by atoms with Gasteiger partial charge in [-0.3, -0.25) is 9.36 Å². The van der Waals surface area contributed by atoms with Gasteiger partial charge in [0.2, 0.25) is 0 Å². The van der Waals surface area contributed by atoms with Crippen molar-refractivity contribution in [2.75, 3.05) is 11.9 Å². The molecule has 6 nitrogen and oxygen atoms in total. The number of carbonyl (C=O) groups is 1. The molecule has 2 aromatic heterocycles. The SMILES string of the molecule is CC.O=C(c1ccn(C#Cc2ccccc2)c1)c1cncnc1NC1CCC(CO)C1. The van der Waals surface area contributed by atoms with E-state index in [9.17, 15) is 9.90 Å². The molecule has 1 aromatic carbocycles. The minimum absolute atomic E-state index is 0.148. The second-order valence-corrected chi connectivity index (χ2v) is 7.23. The zero-order valence-corrected chi connectivity index (χ0v) is 18.0. The Bertz CT molecular complexity index is 1050. The van der Waals surface area contributed by atoms with E-state index in [1.165, 1.54) is 6.33 Å². The van der Waals surface area contributed by atoms with Crippen molar-refractivity contribution in [3.05, 3.63) is 78.0 Å². The number of nitrogens with one attached hydrogen (secondary N) is 1. The summed E-state index contributed by atoms with van der Waals surface area (Å²) in [6, 6.07) is 14.7. The van der Waals surface area contributed by atoms with Gasteiger partial charge in [0.05, 0.1) is 5.56 Å². The number of anilines is 1. The van der Waals surface area contributed by atoms with Gasteiger partial charge in [0.1, 0.15) is 12.1 Å². The second kappa shape index (κ2) is 11.1. The van der Waals surface area contributed by atoms with Gasteiger partial charge >= 0.3 is 0 Å². The number of hydrogen-bond acceptors (Lipinski definition) is 5. The average molecular weight is 417 g/mol. The number of benzene rings is 1. The van der Waals surface area contributed by atoms with Crippen LogP contribution in [0.15, 0.2) is 61.3 Å². The molecular formula is C25H28N4O2. The van der Waals surface area contributed by atoms with Gasteiger partial charge in [-0.1, -0.05) is 32.0 Å². The first kappa shape index (κ1) is 22.3. The summed E-state index contributed by atoms with van der Waals surface area (Å²) >= 11 is 0. The molecule has 1 aliphatic rings. The fraction of sp³-hybridized carbons (Fsp3) is 0.320. The van der Waals surface area contributed by atoms with Crippen molar-refractivity contribution in [1.29, 1.82) is 0 Å². The normalized spacial score (nSPS) is 17.1. The number of ketones is 1. The van der Waals surface area contributed by atoms with Gasteiger partial charge in [-0.2, -0.15) is 0 Å². The van der Waals surface area contributed by atoms with E-state index >= 15 is 0 Å². The largest absolute Gasteiger partial charge is 0.396 e. The van der Waals surface area contributed by atoms with E-state index in [0.717, 1.165) is 24.8 Å². The highest BCUT2D eigenvalue weighted by Crippen LogP contribution is 2.28. The Morgan fingerprint density at radius 2 is 2.03 bits per heavy atom. The summed E-state index contributed by atoms with van der Waals surface area (Å²) in [5.41, 5.74) is 1.88. The van der Waals surface area contributed by atoms with Crippen LogP contribution in [0.3, 0.4) is 0 Å². The third-order valence-electron chi connectivity index (χ3n) is 5.16. The van der Waals surface area contributed by atoms with Crippen LogP contribution in [0.4, 0.5) is 5.82 Å². The number of aliphatic hydroxyl groups excluding tert-OH is 1. The predicted molar refractivity (Wildman–Crippen MR) is 122 cm³/mol. The summed E-state index contributed by atoms with van der Waals surface area (Å²) < 4.78 is 1.68. The van der Waals surface area contributed by atoms with E-state index in [1.54, 1.807) is 29.2 Å². The lowest BCUT2D eigenvalue weighted by Gasteiger charge is -2.15. The van der Waals surface area contributed by atoms with Crippen molar-refractivity contribution >= 4 is 11.6 Å². The Morgan fingerprint density at radius 1 is 1.23 bits per heavy atom. The van der Waals surface area contributed by atoms with Crippen molar-refractivity contribution in [3.8, 4) is 12.0 Å². The topological polar surface area (TPSA) is 80.0 Å². The molecule has 1 aliphatic carbocycles. The minimum Gasteiger partial charge on any atom is -0.396 e. The molecule has 0 saturated heterocycles. The Kier molecular flexibility index (Phi) is 7.97. The molecule has 2 atom stereocenters. The standard InChI is InChI=1S/C23H22N4O2.C2H6/c28-15-18-6-7-20(12-18)26-23-21(13-24-16-25-23)22(29)19-9-11-27(14-19)10-8-17-4-2-1-3-5-17;1-2/h1-5,9,11,13-14,16,18,20,28H,6-7,12,15H2,(H,24,25,26);1-2H3. The van der Waals surface area contributed by atoms with Crippen LogP contribution in [0, 0.1) is 17.9 Å². The zero-order chi connectivity index (χ0) is 22.1. The molecule has 0 bridgehead atoms. The molecule has 6 heteroatoms. The van der Waals surface area contributed by atoms with Gasteiger partial charge in [0.15, 0.2) is 5.78 Å². The quantitative estimate of drug-likeness (QED) is 0.486. The third-order valence-corrected chi connectivity index (χ3v) is 5.16. The first-order valence-corrected chi connectivity index (χ1v) is 10.7. The molecule has 1 saturated carbocycles. The molecule has 31 heavy (non-hydrogen) atoms. The highest BCUT2D eigenvalue weighted by Gasteiger charge is 2.26. The lowest BCUT2D eigenvalue weighted by Crippen LogP contribution is -2.19. The third kappa shape index (κ3) is 5.80. The van der Waals surface area contributed by atoms with Crippen molar-refractivity contribution in [1.82, 2.24) is 14.5 Å². The monoisotopic (exact) mass is 416 g/mol. The smallest absolute Gasteiger partial charge is 0.199 e. The second-order valence-electron chi connectivity index (χ2n) is 7.23. The number of nitrogens with zero attached hydrogens (tertiary/aromatic N) is 3. The van der Waals surface area contributed by atoms with Crippen molar-refractivity contribution in [2.24, 2.45) is 5.92 Å². The maximum absolute atomic E-state index is 13.0. The van der Waals surface area contributed by atoms with Gasteiger partial charge in [0, 0.05) is 48.4 Å². The number of aromatic nitrogens is 3. The molecule has 0 aliphatic heterocycles. The highest BCUT2D eigenvalue weighted by molar-refractivity contribution is 6.11. The van der Waals surface area contributed by atoms with Gasteiger partial charge < -0.3 is 10.4 Å². The van der Waals surface area contributed by atoms with Crippen LogP contribution in [-0.4, -0.2) is 38.1 Å². The first-order chi connectivity index (χ1) is 15.2. The predicted octanol–water partition coefficient (Wildman–Crippen LogP) is 3.97. The number of aliphatic hydroxyl groups is 1. The van der Waals surface area contributed by atoms with Gasteiger partial charge in [-0.05, 0) is 49.3 Å². The van der Waals surface area contributed by atoms with E-state index in [1.807, 2.05) is 44.2 Å². The Labute approximate surface area is 183 Å². The maximum atomic E-state index is 13.0. The van der Waals surface area contributed by atoms with Gasteiger partial charge in [-0.15, -0.1) is 0 Å². The van der Waals surface area contributed by atoms with E-state index in [4.69, 9.17) is 0 Å². The van der Waals surface area contributed by atoms with Crippen LogP contribution in [0.1, 0.15) is 54.6 Å². The molecule has 2 unspecified atom stereocenters. The molecule has 1 fully saturated rings. The first-order valence-electron chi connectivity index (χ1n) is 10.7. The summed E-state index contributed by atoms with van der Waals surface area (Å²) in [6.07, 6.45) is 9.27. The lowest BCUT2D eigenvalue weighted by molar-refractivity contribution is 0.103. The fourth-order valence-electron chi connectivity index (χ4n) is 3.58. The van der Waals surface area contributed by atoms with Crippen LogP contribution in [-0.2, 0) is 0 Å². The molecule has 0 radical (unpaired) electrons. The van der Waals surface area contributed by atoms with Crippen LogP contribution in [0.5, 0.6) is 0 Å². The van der Waals surface area contributed by atoms with E-state index in [-0.39, 0.29) is 18.4 Å². The van der Waals surface area contributed by atoms with Crippen LogP contribution >= 0.6 is 0 Å². The zero-order valence-electron chi connectivity index (χ0n) is 18.0. The van der Waals surface area contributed by atoms with Crippen molar-refractivity contribution in [3.63, 3.8) is 0 Å². The fourth-order valence-corrected chi connectivity index (χ4v) is 3.58. The van der Waals surface area contributed by atoms with Crippen LogP contribution in [0.2, 0.25) is 0 Å². The molecule has 2 N–H and O–H groups in total. The van der Waals surface area contributed by atoms with Gasteiger partial charge in [-0.25, -0.2) is 9.97 Å².